The quantitative estimate of drug-likeness (QED) is 0.861. The maximum Gasteiger partial charge on any atom is 0.326 e. The Morgan fingerprint density at radius 3 is 2.78 bits per heavy atom. The zero-order chi connectivity index (χ0) is 13.1. The molecule has 1 saturated heterocycles. The predicted octanol–water partition coefficient (Wildman–Crippen LogP) is 1.30. The van der Waals surface area contributed by atoms with Crippen LogP contribution in [0.5, 0.6) is 0 Å². The molecule has 0 saturated carbocycles. The Balaban J connectivity index is 2.20. The number of carbonyl (C=O) groups excluding carboxylic acids is 1. The van der Waals surface area contributed by atoms with Crippen LogP contribution in [0.4, 0.5) is 4.39 Å². The Morgan fingerprint density at radius 1 is 1.39 bits per heavy atom. The highest BCUT2D eigenvalue weighted by Gasteiger charge is 2.32. The van der Waals surface area contributed by atoms with E-state index in [0.717, 1.165) is 25.1 Å². The number of pyridine rings is 1. The molecule has 2 rings (SSSR count). The van der Waals surface area contributed by atoms with Gasteiger partial charge in [0.1, 0.15) is 17.6 Å². The predicted molar refractivity (Wildman–Crippen MR) is 60.5 cm³/mol. The molecule has 6 heteroatoms. The fraction of sp³-hybridized carbons (Fsp3) is 0.417. The number of hydrogen-bond acceptors (Lipinski definition) is 3. The third kappa shape index (κ3) is 2.47. The largest absolute Gasteiger partial charge is 0.480 e. The normalized spacial score (nSPS) is 19.6. The third-order valence-electron chi connectivity index (χ3n) is 3.00. The van der Waals surface area contributed by atoms with Crippen molar-refractivity contribution >= 4 is 11.9 Å². The molecule has 1 aromatic rings. The van der Waals surface area contributed by atoms with Gasteiger partial charge in [-0.2, -0.15) is 0 Å². The average Bonchev–Trinajstić information content (AvgIpc) is 2.39. The molecule has 1 aromatic heterocycles. The number of aromatic nitrogens is 1. The summed E-state index contributed by atoms with van der Waals surface area (Å²) in [6, 6.07) is 1.60. The summed E-state index contributed by atoms with van der Waals surface area (Å²) >= 11 is 0. The van der Waals surface area contributed by atoms with Crippen molar-refractivity contribution < 1.29 is 19.1 Å². The van der Waals surface area contributed by atoms with Crippen molar-refractivity contribution in [3.8, 4) is 0 Å². The number of halogens is 1. The van der Waals surface area contributed by atoms with E-state index in [1.807, 2.05) is 0 Å². The first-order chi connectivity index (χ1) is 8.59. The second-order valence-corrected chi connectivity index (χ2v) is 4.21. The van der Waals surface area contributed by atoms with E-state index >= 15 is 0 Å². The number of piperidine rings is 1. The molecule has 1 aliphatic heterocycles. The topological polar surface area (TPSA) is 70.5 Å². The zero-order valence-electron chi connectivity index (χ0n) is 9.67. The van der Waals surface area contributed by atoms with E-state index in [9.17, 15) is 14.0 Å². The lowest BCUT2D eigenvalue weighted by Crippen LogP contribution is -2.48. The van der Waals surface area contributed by atoms with Crippen LogP contribution in [0.25, 0.3) is 0 Å². The Hall–Kier alpha value is -1.98. The summed E-state index contributed by atoms with van der Waals surface area (Å²) in [5.74, 6) is -1.99. The fourth-order valence-electron chi connectivity index (χ4n) is 2.08. The number of carboxylic acid groups (broad SMARTS) is 1. The number of hydrogen-bond donors (Lipinski definition) is 1. The molecule has 0 radical (unpaired) electrons. The smallest absolute Gasteiger partial charge is 0.326 e. The van der Waals surface area contributed by atoms with Crippen molar-refractivity contribution in [1.82, 2.24) is 9.88 Å². The van der Waals surface area contributed by atoms with Gasteiger partial charge >= 0.3 is 5.97 Å². The highest BCUT2D eigenvalue weighted by atomic mass is 19.1. The summed E-state index contributed by atoms with van der Waals surface area (Å²) in [6.45, 7) is 0.398. The minimum atomic E-state index is -1.01. The number of aliphatic carboxylic acids is 1. The van der Waals surface area contributed by atoms with Gasteiger partial charge in [0.15, 0.2) is 0 Å². The van der Waals surface area contributed by atoms with Gasteiger partial charge in [-0.15, -0.1) is 0 Å². The molecule has 1 N–H and O–H groups in total. The second kappa shape index (κ2) is 5.12. The molecule has 1 amide bonds. The van der Waals surface area contributed by atoms with Gasteiger partial charge < -0.3 is 10.0 Å². The van der Waals surface area contributed by atoms with Gasteiger partial charge in [0.2, 0.25) is 0 Å². The monoisotopic (exact) mass is 252 g/mol. The number of amides is 1. The van der Waals surface area contributed by atoms with Crippen LogP contribution in [-0.2, 0) is 4.79 Å². The van der Waals surface area contributed by atoms with Crippen molar-refractivity contribution in [2.75, 3.05) is 6.54 Å². The van der Waals surface area contributed by atoms with E-state index in [-0.39, 0.29) is 5.69 Å². The van der Waals surface area contributed by atoms with Crippen LogP contribution in [0.1, 0.15) is 29.8 Å². The van der Waals surface area contributed by atoms with Gasteiger partial charge in [-0.05, 0) is 31.4 Å². The van der Waals surface area contributed by atoms with Gasteiger partial charge in [0.05, 0.1) is 6.20 Å². The van der Waals surface area contributed by atoms with Crippen molar-refractivity contribution in [2.24, 2.45) is 0 Å². The number of carboxylic acids is 1. The molecule has 96 valence electrons. The molecule has 0 spiro atoms. The Bertz CT molecular complexity index is 461. The molecule has 5 nitrogen and oxygen atoms in total. The van der Waals surface area contributed by atoms with E-state index < -0.39 is 23.7 Å². The molecule has 0 aliphatic carbocycles. The molecule has 2 heterocycles. The van der Waals surface area contributed by atoms with Gasteiger partial charge in [0.25, 0.3) is 5.91 Å². The van der Waals surface area contributed by atoms with E-state index in [1.54, 1.807) is 0 Å². The minimum absolute atomic E-state index is 0.0737. The first kappa shape index (κ1) is 12.5. The molecule has 1 atom stereocenters. The highest BCUT2D eigenvalue weighted by Crippen LogP contribution is 2.19. The first-order valence-corrected chi connectivity index (χ1v) is 5.75. The van der Waals surface area contributed by atoms with Gasteiger partial charge in [-0.25, -0.2) is 14.2 Å². The maximum absolute atomic E-state index is 12.7. The standard InChI is InChI=1S/C12H13FN2O3/c13-8-4-5-9(14-7-8)11(16)15-6-2-1-3-10(15)12(17)18/h4-5,7,10H,1-3,6H2,(H,17,18)/t10-/m1/s1. The highest BCUT2D eigenvalue weighted by molar-refractivity contribution is 5.95. The Labute approximate surface area is 103 Å². The summed E-state index contributed by atoms with van der Waals surface area (Å²) in [5, 5.41) is 9.07. The SMILES string of the molecule is O=C(O)[C@H]1CCCCN1C(=O)c1ccc(F)cn1. The molecule has 18 heavy (non-hydrogen) atoms. The van der Waals surface area contributed by atoms with Crippen LogP contribution in [0.15, 0.2) is 18.3 Å². The lowest BCUT2D eigenvalue weighted by Gasteiger charge is -2.32. The van der Waals surface area contributed by atoms with Crippen LogP contribution in [0.2, 0.25) is 0 Å². The summed E-state index contributed by atoms with van der Waals surface area (Å²) in [6.07, 6.45) is 2.96. The van der Waals surface area contributed by atoms with Gasteiger partial charge in [-0.3, -0.25) is 4.79 Å². The lowest BCUT2D eigenvalue weighted by atomic mass is 10.0. The molecule has 1 aliphatic rings. The van der Waals surface area contributed by atoms with Crippen molar-refractivity contribution in [2.45, 2.75) is 25.3 Å². The summed E-state index contributed by atoms with van der Waals surface area (Å²) in [7, 11) is 0. The van der Waals surface area contributed by atoms with E-state index in [4.69, 9.17) is 5.11 Å². The van der Waals surface area contributed by atoms with Crippen LogP contribution in [-0.4, -0.2) is 39.5 Å². The van der Waals surface area contributed by atoms with Crippen LogP contribution >= 0.6 is 0 Å². The second-order valence-electron chi connectivity index (χ2n) is 4.21. The van der Waals surface area contributed by atoms with E-state index in [0.29, 0.717) is 13.0 Å². The fourth-order valence-corrected chi connectivity index (χ4v) is 2.08. The Kier molecular flexibility index (Phi) is 3.55. The summed E-state index contributed by atoms with van der Waals surface area (Å²) < 4.78 is 12.7. The van der Waals surface area contributed by atoms with Crippen LogP contribution in [0.3, 0.4) is 0 Å². The van der Waals surface area contributed by atoms with Gasteiger partial charge in [0, 0.05) is 6.54 Å². The van der Waals surface area contributed by atoms with Gasteiger partial charge in [-0.1, -0.05) is 0 Å². The number of carbonyl (C=O) groups is 2. The van der Waals surface area contributed by atoms with Crippen LogP contribution in [0, 0.1) is 5.82 Å². The number of rotatable bonds is 2. The average molecular weight is 252 g/mol. The van der Waals surface area contributed by atoms with E-state index in [2.05, 4.69) is 4.98 Å². The number of likely N-dealkylation sites (tertiary alicyclic amines) is 1. The van der Waals surface area contributed by atoms with Crippen molar-refractivity contribution in [3.63, 3.8) is 0 Å². The lowest BCUT2D eigenvalue weighted by molar-refractivity contribution is -0.143. The summed E-state index contributed by atoms with van der Waals surface area (Å²) in [5.41, 5.74) is 0.0737. The van der Waals surface area contributed by atoms with Crippen LogP contribution < -0.4 is 0 Å². The Morgan fingerprint density at radius 2 is 2.17 bits per heavy atom. The zero-order valence-corrected chi connectivity index (χ0v) is 9.67. The maximum atomic E-state index is 12.7. The van der Waals surface area contributed by atoms with Crippen molar-refractivity contribution in [3.05, 3.63) is 29.8 Å². The summed E-state index contributed by atoms with van der Waals surface area (Å²) in [4.78, 5) is 28.2. The van der Waals surface area contributed by atoms with E-state index in [1.165, 1.54) is 11.0 Å². The first-order valence-electron chi connectivity index (χ1n) is 5.75. The molecule has 0 bridgehead atoms. The molecular formula is C12H13FN2O3. The number of nitrogens with zero attached hydrogens (tertiary/aromatic N) is 2. The molecule has 0 unspecified atom stereocenters. The minimum Gasteiger partial charge on any atom is -0.480 e. The molecule has 0 aromatic carbocycles. The molecule has 1 fully saturated rings. The third-order valence-corrected chi connectivity index (χ3v) is 3.00. The molecular weight excluding hydrogens is 239 g/mol. The van der Waals surface area contributed by atoms with Crippen molar-refractivity contribution in [1.29, 1.82) is 0 Å².